The van der Waals surface area contributed by atoms with E-state index < -0.39 is 0 Å². The molecule has 0 heterocycles. The van der Waals surface area contributed by atoms with Crippen molar-refractivity contribution in [2.45, 2.75) is 125 Å². The summed E-state index contributed by atoms with van der Waals surface area (Å²) in [6, 6.07) is 0. The largest absolute Gasteiger partial charge is 0.393 e. The third-order valence-corrected chi connectivity index (χ3v) is 13.7. The quantitative estimate of drug-likeness (QED) is 0.423. The number of hydrogen-bond donors (Lipinski definition) is 2. The summed E-state index contributed by atoms with van der Waals surface area (Å²) >= 11 is 0. The second kappa shape index (κ2) is 7.34. The summed E-state index contributed by atoms with van der Waals surface area (Å²) in [5, 5.41) is 22.1. The molecule has 5 rings (SSSR count). The minimum Gasteiger partial charge on any atom is -0.393 e. The van der Waals surface area contributed by atoms with Crippen LogP contribution in [0.2, 0.25) is 0 Å². The van der Waals surface area contributed by atoms with E-state index in [0.717, 1.165) is 18.8 Å². The molecule has 33 heavy (non-hydrogen) atoms. The van der Waals surface area contributed by atoms with Crippen molar-refractivity contribution >= 4 is 0 Å². The van der Waals surface area contributed by atoms with Gasteiger partial charge in [0.1, 0.15) is 0 Å². The Morgan fingerprint density at radius 1 is 0.848 bits per heavy atom. The SMILES string of the molecule is C=C(CC(O)[C@@H](C)[C@H]1CC[C@@]2(C)[C@@H]3CC[C@H]4C(C)(C)[C@@H](O)CC[C@@]45C[C@@]35CC[C@]12C)C(C)C. The summed E-state index contributed by atoms with van der Waals surface area (Å²) in [6.45, 7) is 21.0. The molecule has 0 aromatic rings. The second-order valence-corrected chi connectivity index (χ2v) is 15.0. The van der Waals surface area contributed by atoms with Gasteiger partial charge in [-0.25, -0.2) is 0 Å². The van der Waals surface area contributed by atoms with Gasteiger partial charge in [0.25, 0.3) is 0 Å². The molecule has 188 valence electrons. The van der Waals surface area contributed by atoms with E-state index >= 15 is 0 Å². The molecule has 1 unspecified atom stereocenters. The van der Waals surface area contributed by atoms with Crippen LogP contribution < -0.4 is 0 Å². The Morgan fingerprint density at radius 2 is 1.48 bits per heavy atom. The smallest absolute Gasteiger partial charge is 0.0605 e. The van der Waals surface area contributed by atoms with Crippen LogP contribution in [0.25, 0.3) is 0 Å². The lowest BCUT2D eigenvalue weighted by atomic mass is 9.41. The highest BCUT2D eigenvalue weighted by atomic mass is 16.3. The Labute approximate surface area is 204 Å². The van der Waals surface area contributed by atoms with Crippen LogP contribution in [-0.4, -0.2) is 22.4 Å². The lowest BCUT2D eigenvalue weighted by molar-refractivity contribution is -0.163. The summed E-state index contributed by atoms with van der Waals surface area (Å²) in [4.78, 5) is 0. The van der Waals surface area contributed by atoms with Gasteiger partial charge in [-0.1, -0.05) is 60.6 Å². The van der Waals surface area contributed by atoms with Gasteiger partial charge in [-0.3, -0.25) is 0 Å². The fourth-order valence-corrected chi connectivity index (χ4v) is 11.2. The van der Waals surface area contributed by atoms with Crippen molar-refractivity contribution in [1.29, 1.82) is 0 Å². The molecule has 0 amide bonds. The zero-order chi connectivity index (χ0) is 24.2. The normalized spacial score (nSPS) is 51.7. The molecule has 2 nitrogen and oxygen atoms in total. The summed E-state index contributed by atoms with van der Waals surface area (Å²) in [5.74, 6) is 2.95. The van der Waals surface area contributed by atoms with Crippen LogP contribution in [0.15, 0.2) is 12.2 Å². The van der Waals surface area contributed by atoms with Gasteiger partial charge in [0.15, 0.2) is 0 Å². The van der Waals surface area contributed by atoms with Crippen molar-refractivity contribution < 1.29 is 10.2 Å². The predicted octanol–water partition coefficient (Wildman–Crippen LogP) is 7.39. The van der Waals surface area contributed by atoms with Crippen LogP contribution in [0.3, 0.4) is 0 Å². The van der Waals surface area contributed by atoms with Gasteiger partial charge in [0.2, 0.25) is 0 Å². The average Bonchev–Trinajstić information content (AvgIpc) is 3.33. The second-order valence-electron chi connectivity index (χ2n) is 15.0. The summed E-state index contributed by atoms with van der Waals surface area (Å²) in [7, 11) is 0. The first kappa shape index (κ1) is 24.4. The Hall–Kier alpha value is -0.340. The molecule has 0 saturated heterocycles. The van der Waals surface area contributed by atoms with Crippen molar-refractivity contribution in [3.8, 4) is 0 Å². The van der Waals surface area contributed by atoms with Gasteiger partial charge in [0.05, 0.1) is 12.2 Å². The van der Waals surface area contributed by atoms with Crippen LogP contribution in [0.1, 0.15) is 113 Å². The monoisotopic (exact) mass is 456 g/mol. The first-order valence-electron chi connectivity index (χ1n) is 14.3. The molecule has 2 heteroatoms. The molecule has 0 aromatic heterocycles. The van der Waals surface area contributed by atoms with Crippen LogP contribution in [0.5, 0.6) is 0 Å². The van der Waals surface area contributed by atoms with Crippen molar-refractivity contribution in [1.82, 2.24) is 0 Å². The summed E-state index contributed by atoms with van der Waals surface area (Å²) in [5.41, 5.74) is 3.06. The maximum Gasteiger partial charge on any atom is 0.0605 e. The highest BCUT2D eigenvalue weighted by Gasteiger charge is 2.82. The van der Waals surface area contributed by atoms with Crippen LogP contribution in [0.4, 0.5) is 0 Å². The lowest BCUT2D eigenvalue weighted by Crippen LogP contribution is -2.57. The molecule has 5 fully saturated rings. The van der Waals surface area contributed by atoms with Gasteiger partial charge in [-0.2, -0.15) is 0 Å². The third kappa shape index (κ3) is 2.92. The van der Waals surface area contributed by atoms with E-state index in [-0.39, 0.29) is 17.6 Å². The van der Waals surface area contributed by atoms with Crippen molar-refractivity contribution in [2.75, 3.05) is 0 Å². The third-order valence-electron chi connectivity index (χ3n) is 13.7. The first-order valence-corrected chi connectivity index (χ1v) is 14.3. The molecular formula is C31H52O2. The van der Waals surface area contributed by atoms with Gasteiger partial charge in [0, 0.05) is 0 Å². The molecule has 0 radical (unpaired) electrons. The Kier molecular flexibility index (Phi) is 5.42. The molecule has 0 bridgehead atoms. The van der Waals surface area contributed by atoms with E-state index in [1.807, 2.05) is 0 Å². The molecule has 5 saturated carbocycles. The van der Waals surface area contributed by atoms with E-state index in [1.165, 1.54) is 56.9 Å². The lowest BCUT2D eigenvalue weighted by Gasteiger charge is -2.63. The minimum absolute atomic E-state index is 0.0734. The van der Waals surface area contributed by atoms with Gasteiger partial charge in [-0.15, -0.1) is 0 Å². The Balaban J connectivity index is 1.40. The Bertz CT molecular complexity index is 814. The zero-order valence-electron chi connectivity index (χ0n) is 22.7. The Morgan fingerprint density at radius 3 is 2.15 bits per heavy atom. The molecule has 0 aliphatic heterocycles. The topological polar surface area (TPSA) is 40.5 Å². The van der Waals surface area contributed by atoms with Gasteiger partial charge in [-0.05, 0) is 121 Å². The number of aliphatic hydroxyl groups is 2. The number of hydrogen-bond acceptors (Lipinski definition) is 2. The molecule has 2 spiro atoms. The highest BCUT2D eigenvalue weighted by Crippen LogP contribution is 2.89. The maximum absolute atomic E-state index is 11.2. The van der Waals surface area contributed by atoms with Crippen LogP contribution >= 0.6 is 0 Å². The molecule has 5 aliphatic carbocycles. The molecular weight excluding hydrogens is 404 g/mol. The van der Waals surface area contributed by atoms with Crippen LogP contribution in [-0.2, 0) is 0 Å². The van der Waals surface area contributed by atoms with E-state index in [0.29, 0.717) is 45.3 Å². The fourth-order valence-electron chi connectivity index (χ4n) is 11.2. The van der Waals surface area contributed by atoms with Crippen molar-refractivity contribution in [3.63, 3.8) is 0 Å². The minimum atomic E-state index is -0.261. The van der Waals surface area contributed by atoms with E-state index in [4.69, 9.17) is 0 Å². The molecule has 10 atom stereocenters. The van der Waals surface area contributed by atoms with E-state index in [2.05, 4.69) is 55.0 Å². The van der Waals surface area contributed by atoms with Gasteiger partial charge >= 0.3 is 0 Å². The number of aliphatic hydroxyl groups excluding tert-OH is 2. The van der Waals surface area contributed by atoms with Crippen molar-refractivity contribution in [3.05, 3.63) is 12.2 Å². The zero-order valence-corrected chi connectivity index (χ0v) is 22.7. The summed E-state index contributed by atoms with van der Waals surface area (Å²) < 4.78 is 0. The summed E-state index contributed by atoms with van der Waals surface area (Å²) in [6.07, 6.45) is 12.1. The molecule has 0 aromatic carbocycles. The van der Waals surface area contributed by atoms with Gasteiger partial charge < -0.3 is 10.2 Å². The number of rotatable bonds is 5. The maximum atomic E-state index is 11.2. The van der Waals surface area contributed by atoms with E-state index in [1.54, 1.807) is 0 Å². The standard InChI is InChI=1S/C31H52O2/c1-19(2)20(3)17-23(32)21(4)22-11-13-29(8)25-10-9-24-27(5,6)26(33)12-14-30(24)18-31(25,30)16-15-28(22,29)7/h19,21-26,32-33H,3,9-18H2,1-2,4-8H3/t21-,22+,23?,24-,25-,26-,28+,29-,30+,31-/m0/s1. The molecule has 2 N–H and O–H groups in total. The van der Waals surface area contributed by atoms with Crippen molar-refractivity contribution in [2.24, 2.45) is 56.7 Å². The average molecular weight is 457 g/mol. The predicted molar refractivity (Wildman–Crippen MR) is 137 cm³/mol. The molecule has 5 aliphatic rings. The highest BCUT2D eigenvalue weighted by molar-refractivity contribution is 5.30. The number of fused-ring (bicyclic) bond motifs is 2. The van der Waals surface area contributed by atoms with E-state index in [9.17, 15) is 10.2 Å². The fraction of sp³-hybridized carbons (Fsp3) is 0.935. The first-order chi connectivity index (χ1) is 15.3. The van der Waals surface area contributed by atoms with Crippen LogP contribution in [0, 0.1) is 56.7 Å².